The van der Waals surface area contributed by atoms with Gasteiger partial charge in [-0.25, -0.2) is 20.8 Å². The molecule has 0 saturated heterocycles. The Bertz CT molecular complexity index is 1610. The van der Waals surface area contributed by atoms with Crippen molar-refractivity contribution in [2.45, 2.75) is 22.8 Å². The molecule has 182 valence electrons. The number of nitrogens with zero attached hydrogens (tertiary/aromatic N) is 2. The van der Waals surface area contributed by atoms with Gasteiger partial charge in [0, 0.05) is 18.0 Å². The van der Waals surface area contributed by atoms with Crippen molar-refractivity contribution in [2.75, 3.05) is 20.8 Å². The summed E-state index contributed by atoms with van der Waals surface area (Å²) in [5, 5.41) is 0.689. The van der Waals surface area contributed by atoms with Gasteiger partial charge in [0.1, 0.15) is 0 Å². The first kappa shape index (κ1) is 23.4. The van der Waals surface area contributed by atoms with Crippen LogP contribution in [0.15, 0.2) is 82.6 Å². The van der Waals surface area contributed by atoms with Crippen molar-refractivity contribution in [3.05, 3.63) is 84.1 Å². The first-order chi connectivity index (χ1) is 16.8. The average molecular weight is 513 g/mol. The highest BCUT2D eigenvalue weighted by Crippen LogP contribution is 2.40. The quantitative estimate of drug-likeness (QED) is 0.392. The molecule has 10 heteroatoms. The van der Waals surface area contributed by atoms with Gasteiger partial charge < -0.3 is 9.47 Å². The zero-order chi connectivity index (χ0) is 24.8. The third-order valence-corrected chi connectivity index (χ3v) is 9.86. The lowest BCUT2D eigenvalue weighted by molar-refractivity contribution is 0.356. The molecule has 3 aromatic carbocycles. The first-order valence-corrected chi connectivity index (χ1v) is 13.8. The van der Waals surface area contributed by atoms with Crippen LogP contribution < -0.4 is 9.47 Å². The minimum absolute atomic E-state index is 0.0854. The highest BCUT2D eigenvalue weighted by Gasteiger charge is 2.35. The fourth-order valence-corrected chi connectivity index (χ4v) is 7.54. The van der Waals surface area contributed by atoms with Gasteiger partial charge >= 0.3 is 0 Å². The normalized spacial score (nSPS) is 14.6. The third-order valence-electron chi connectivity index (χ3n) is 6.24. The molecule has 1 aromatic heterocycles. The summed E-state index contributed by atoms with van der Waals surface area (Å²) in [7, 11) is -4.86. The van der Waals surface area contributed by atoms with Crippen LogP contribution in [0.2, 0.25) is 0 Å². The summed E-state index contributed by atoms with van der Waals surface area (Å²) in [6.45, 7) is 0.140. The van der Waals surface area contributed by atoms with Gasteiger partial charge in [-0.3, -0.25) is 0 Å². The second kappa shape index (κ2) is 8.71. The van der Waals surface area contributed by atoms with Crippen molar-refractivity contribution in [2.24, 2.45) is 0 Å². The Balaban J connectivity index is 1.76. The van der Waals surface area contributed by atoms with Gasteiger partial charge in [0.2, 0.25) is 10.0 Å². The van der Waals surface area contributed by atoms with Crippen LogP contribution in [0, 0.1) is 0 Å². The number of rotatable bonds is 6. The highest BCUT2D eigenvalue weighted by molar-refractivity contribution is 7.90. The maximum Gasteiger partial charge on any atom is 0.268 e. The van der Waals surface area contributed by atoms with Crippen molar-refractivity contribution in [1.29, 1.82) is 0 Å². The molecule has 0 bridgehead atoms. The fourth-order valence-electron chi connectivity index (χ4n) is 4.54. The van der Waals surface area contributed by atoms with Gasteiger partial charge in [0.25, 0.3) is 10.0 Å². The summed E-state index contributed by atoms with van der Waals surface area (Å²) < 4.78 is 68.0. The van der Waals surface area contributed by atoms with Gasteiger partial charge in [-0.2, -0.15) is 4.31 Å². The van der Waals surface area contributed by atoms with Crippen LogP contribution in [-0.4, -0.2) is 45.9 Å². The van der Waals surface area contributed by atoms with Crippen molar-refractivity contribution in [1.82, 2.24) is 8.28 Å². The van der Waals surface area contributed by atoms with E-state index in [4.69, 9.17) is 9.47 Å². The minimum Gasteiger partial charge on any atom is -0.493 e. The molecule has 0 N–H and O–H groups in total. The standard InChI is InChI=1S/C25H24N2O6S2/c1-32-24-15-21-20-13-14-26(34(28,29)18-9-5-3-6-10-18)17-23(20)27(22(21)16-25(24)33-2)35(30,31)19-11-7-4-8-12-19/h3-12,15-16H,13-14,17H2,1-2H3. The Morgan fingerprint density at radius 2 is 1.29 bits per heavy atom. The zero-order valence-corrected chi connectivity index (χ0v) is 20.8. The minimum atomic E-state index is -4.04. The number of aromatic nitrogens is 1. The second-order valence-corrected chi connectivity index (χ2v) is 11.9. The van der Waals surface area contributed by atoms with Crippen molar-refractivity contribution >= 4 is 30.9 Å². The largest absolute Gasteiger partial charge is 0.493 e. The van der Waals surface area contributed by atoms with Crippen LogP contribution >= 0.6 is 0 Å². The van der Waals surface area contributed by atoms with Crippen molar-refractivity contribution < 1.29 is 26.3 Å². The van der Waals surface area contributed by atoms with E-state index in [9.17, 15) is 16.8 Å². The molecule has 0 aliphatic carbocycles. The Hall–Kier alpha value is -3.34. The van der Waals surface area contributed by atoms with E-state index in [0.29, 0.717) is 34.5 Å². The molecule has 8 nitrogen and oxygen atoms in total. The number of methoxy groups -OCH3 is 2. The van der Waals surface area contributed by atoms with E-state index >= 15 is 0 Å². The Kier molecular flexibility index (Phi) is 5.82. The predicted octanol–water partition coefficient (Wildman–Crippen LogP) is 3.64. The molecule has 1 aliphatic heterocycles. The molecule has 0 saturated carbocycles. The smallest absolute Gasteiger partial charge is 0.268 e. The van der Waals surface area contributed by atoms with Crippen LogP contribution in [-0.2, 0) is 33.0 Å². The van der Waals surface area contributed by atoms with Gasteiger partial charge in [-0.15, -0.1) is 0 Å². The van der Waals surface area contributed by atoms with Crippen molar-refractivity contribution in [3.8, 4) is 11.5 Å². The molecule has 1 aliphatic rings. The topological polar surface area (TPSA) is 94.9 Å². The molecule has 0 radical (unpaired) electrons. The summed E-state index contributed by atoms with van der Waals surface area (Å²) >= 11 is 0. The molecular weight excluding hydrogens is 488 g/mol. The maximum absolute atomic E-state index is 13.9. The van der Waals surface area contributed by atoms with Gasteiger partial charge in [0.05, 0.1) is 41.8 Å². The molecular formula is C25H24N2O6S2. The fraction of sp³-hybridized carbons (Fsp3) is 0.200. The van der Waals surface area contributed by atoms with E-state index in [1.165, 1.54) is 46.8 Å². The lowest BCUT2D eigenvalue weighted by Gasteiger charge is -2.27. The van der Waals surface area contributed by atoms with E-state index in [1.807, 2.05) is 0 Å². The lowest BCUT2D eigenvalue weighted by Crippen LogP contribution is -2.37. The molecule has 0 atom stereocenters. The van der Waals surface area contributed by atoms with E-state index in [1.54, 1.807) is 48.5 Å². The molecule has 0 amide bonds. The Labute approximate surface area is 204 Å². The summed E-state index contributed by atoms with van der Waals surface area (Å²) in [4.78, 5) is 0.276. The summed E-state index contributed by atoms with van der Waals surface area (Å²) in [6, 6.07) is 19.6. The first-order valence-electron chi connectivity index (χ1n) is 10.9. The van der Waals surface area contributed by atoms with Crippen LogP contribution in [0.1, 0.15) is 11.3 Å². The molecule has 0 unspecified atom stereocenters. The monoisotopic (exact) mass is 512 g/mol. The number of sulfonamides is 1. The summed E-state index contributed by atoms with van der Waals surface area (Å²) in [6.07, 6.45) is 0.352. The Morgan fingerprint density at radius 1 is 0.743 bits per heavy atom. The molecule has 2 heterocycles. The SMILES string of the molecule is COc1cc2c3c(n(S(=O)(=O)c4ccccc4)c2cc1OC)CN(S(=O)(=O)c1ccccc1)CC3. The highest BCUT2D eigenvalue weighted by atomic mass is 32.2. The number of benzene rings is 3. The van der Waals surface area contributed by atoms with Gasteiger partial charge in [-0.05, 0) is 42.3 Å². The summed E-state index contributed by atoms with van der Waals surface area (Å²) in [5.74, 6) is 0.851. The number of fused-ring (bicyclic) bond motifs is 3. The molecule has 5 rings (SSSR count). The van der Waals surface area contributed by atoms with Crippen LogP contribution in [0.25, 0.3) is 10.9 Å². The average Bonchev–Trinajstić information content (AvgIpc) is 3.22. The number of hydrogen-bond donors (Lipinski definition) is 0. The lowest BCUT2D eigenvalue weighted by atomic mass is 10.0. The maximum atomic E-state index is 13.9. The van der Waals surface area contributed by atoms with E-state index in [2.05, 4.69) is 0 Å². The number of hydrogen-bond acceptors (Lipinski definition) is 6. The Morgan fingerprint density at radius 3 is 1.86 bits per heavy atom. The van der Waals surface area contributed by atoms with Crippen molar-refractivity contribution in [3.63, 3.8) is 0 Å². The summed E-state index contributed by atoms with van der Waals surface area (Å²) in [5.41, 5.74) is 1.60. The molecule has 35 heavy (non-hydrogen) atoms. The van der Waals surface area contributed by atoms with Crippen LogP contribution in [0.3, 0.4) is 0 Å². The van der Waals surface area contributed by atoms with Crippen LogP contribution in [0.4, 0.5) is 0 Å². The van der Waals surface area contributed by atoms with Gasteiger partial charge in [0.15, 0.2) is 11.5 Å². The zero-order valence-electron chi connectivity index (χ0n) is 19.2. The second-order valence-electron chi connectivity index (χ2n) is 8.13. The van der Waals surface area contributed by atoms with Gasteiger partial charge in [-0.1, -0.05) is 36.4 Å². The predicted molar refractivity (Wildman–Crippen MR) is 132 cm³/mol. The number of ether oxygens (including phenoxy) is 2. The molecule has 0 spiro atoms. The van der Waals surface area contributed by atoms with E-state index < -0.39 is 20.0 Å². The van der Waals surface area contributed by atoms with Crippen LogP contribution in [0.5, 0.6) is 11.5 Å². The molecule has 4 aromatic rings. The third kappa shape index (κ3) is 3.78. The van der Waals surface area contributed by atoms with E-state index in [0.717, 1.165) is 5.56 Å². The molecule has 0 fully saturated rings. The van der Waals surface area contributed by atoms with E-state index in [-0.39, 0.29) is 22.9 Å².